The van der Waals surface area contributed by atoms with Crippen molar-refractivity contribution in [3.8, 4) is 0 Å². The normalized spacial score (nSPS) is 21.0. The third-order valence-electron chi connectivity index (χ3n) is 2.38. The number of nitrogens with zero attached hydrogens (tertiary/aromatic N) is 1. The van der Waals surface area contributed by atoms with Crippen molar-refractivity contribution in [1.29, 1.82) is 0 Å². The first-order chi connectivity index (χ1) is 6.84. The molecule has 3 N–H and O–H groups in total. The van der Waals surface area contributed by atoms with E-state index in [1.54, 1.807) is 12.3 Å². The van der Waals surface area contributed by atoms with Crippen LogP contribution in [0.25, 0.3) is 0 Å². The number of hydrogen-bond acceptors (Lipinski definition) is 4. The first kappa shape index (κ1) is 9.27. The third-order valence-corrected chi connectivity index (χ3v) is 2.38. The molecule has 2 heterocycles. The number of anilines is 2. The molecule has 0 amide bonds. The lowest BCUT2D eigenvalue weighted by Gasteiger charge is -2.09. The second-order valence-electron chi connectivity index (χ2n) is 3.58. The summed E-state index contributed by atoms with van der Waals surface area (Å²) in [4.78, 5) is 4.17. The SMILES string of the molecule is Nc1ccnc(NCC2CCOC2)c1. The van der Waals surface area contributed by atoms with Gasteiger partial charge in [-0.1, -0.05) is 0 Å². The van der Waals surface area contributed by atoms with Gasteiger partial charge in [0.2, 0.25) is 0 Å². The number of nitrogens with two attached hydrogens (primary N) is 1. The van der Waals surface area contributed by atoms with Crippen molar-refractivity contribution < 1.29 is 4.74 Å². The van der Waals surface area contributed by atoms with Gasteiger partial charge < -0.3 is 15.8 Å². The monoisotopic (exact) mass is 193 g/mol. The molecule has 1 atom stereocenters. The highest BCUT2D eigenvalue weighted by Crippen LogP contribution is 2.14. The highest BCUT2D eigenvalue weighted by molar-refractivity contribution is 5.48. The largest absolute Gasteiger partial charge is 0.399 e. The van der Waals surface area contributed by atoms with Gasteiger partial charge in [0.05, 0.1) is 6.61 Å². The number of nitrogen functional groups attached to an aromatic ring is 1. The standard InChI is InChI=1S/C10H15N3O/c11-9-1-3-12-10(5-9)13-6-8-2-4-14-7-8/h1,3,5,8H,2,4,6-7H2,(H3,11,12,13). The number of aromatic nitrogens is 1. The molecule has 0 aliphatic carbocycles. The van der Waals surface area contributed by atoms with E-state index in [0.29, 0.717) is 5.92 Å². The van der Waals surface area contributed by atoms with E-state index < -0.39 is 0 Å². The van der Waals surface area contributed by atoms with Crippen LogP contribution in [0.1, 0.15) is 6.42 Å². The summed E-state index contributed by atoms with van der Waals surface area (Å²) in [5, 5.41) is 3.26. The Morgan fingerprint density at radius 3 is 3.29 bits per heavy atom. The fourth-order valence-electron chi connectivity index (χ4n) is 1.54. The van der Waals surface area contributed by atoms with Crippen LogP contribution < -0.4 is 11.1 Å². The molecule has 1 aliphatic rings. The lowest BCUT2D eigenvalue weighted by Crippen LogP contribution is -2.14. The van der Waals surface area contributed by atoms with Crippen molar-refractivity contribution in [3.63, 3.8) is 0 Å². The Balaban J connectivity index is 1.85. The van der Waals surface area contributed by atoms with Gasteiger partial charge in [-0.15, -0.1) is 0 Å². The van der Waals surface area contributed by atoms with Gasteiger partial charge in [-0.05, 0) is 12.5 Å². The van der Waals surface area contributed by atoms with Crippen LogP contribution >= 0.6 is 0 Å². The number of nitrogens with one attached hydrogen (secondary N) is 1. The molecule has 1 unspecified atom stereocenters. The molecule has 0 aromatic carbocycles. The Labute approximate surface area is 83.5 Å². The van der Waals surface area contributed by atoms with Crippen molar-refractivity contribution in [2.45, 2.75) is 6.42 Å². The van der Waals surface area contributed by atoms with E-state index >= 15 is 0 Å². The zero-order valence-corrected chi connectivity index (χ0v) is 8.07. The molecular formula is C10H15N3O. The minimum Gasteiger partial charge on any atom is -0.399 e. The topological polar surface area (TPSA) is 60.2 Å². The van der Waals surface area contributed by atoms with Crippen LogP contribution in [0.3, 0.4) is 0 Å². The van der Waals surface area contributed by atoms with E-state index in [-0.39, 0.29) is 0 Å². The number of pyridine rings is 1. The van der Waals surface area contributed by atoms with E-state index in [0.717, 1.165) is 37.7 Å². The van der Waals surface area contributed by atoms with Gasteiger partial charge in [-0.25, -0.2) is 4.98 Å². The van der Waals surface area contributed by atoms with Crippen molar-refractivity contribution in [1.82, 2.24) is 4.98 Å². The van der Waals surface area contributed by atoms with Crippen LogP contribution in [-0.4, -0.2) is 24.7 Å². The van der Waals surface area contributed by atoms with E-state index in [1.807, 2.05) is 6.07 Å². The first-order valence-electron chi connectivity index (χ1n) is 4.88. The van der Waals surface area contributed by atoms with Gasteiger partial charge in [0, 0.05) is 37.0 Å². The smallest absolute Gasteiger partial charge is 0.127 e. The molecule has 1 aromatic heterocycles. The minimum atomic E-state index is 0.609. The van der Waals surface area contributed by atoms with Gasteiger partial charge in [-0.3, -0.25) is 0 Å². The average Bonchev–Trinajstić information content (AvgIpc) is 2.67. The molecule has 14 heavy (non-hydrogen) atoms. The summed E-state index contributed by atoms with van der Waals surface area (Å²) in [5.41, 5.74) is 6.38. The lowest BCUT2D eigenvalue weighted by atomic mass is 10.1. The molecule has 1 fully saturated rings. The van der Waals surface area contributed by atoms with E-state index in [1.165, 1.54) is 0 Å². The van der Waals surface area contributed by atoms with Crippen molar-refractivity contribution in [3.05, 3.63) is 18.3 Å². The Hall–Kier alpha value is -1.29. The summed E-state index contributed by atoms with van der Waals surface area (Å²) in [7, 11) is 0. The molecule has 0 saturated carbocycles. The summed E-state index contributed by atoms with van der Waals surface area (Å²) < 4.78 is 5.28. The fraction of sp³-hybridized carbons (Fsp3) is 0.500. The van der Waals surface area contributed by atoms with Gasteiger partial charge >= 0.3 is 0 Å². The molecule has 1 aliphatic heterocycles. The molecule has 1 saturated heterocycles. The molecule has 1 aromatic rings. The summed E-state index contributed by atoms with van der Waals surface area (Å²) >= 11 is 0. The fourth-order valence-corrected chi connectivity index (χ4v) is 1.54. The number of ether oxygens (including phenoxy) is 1. The molecule has 0 bridgehead atoms. The first-order valence-corrected chi connectivity index (χ1v) is 4.88. The number of hydrogen-bond donors (Lipinski definition) is 2. The Bertz CT molecular complexity index is 297. The quantitative estimate of drug-likeness (QED) is 0.755. The van der Waals surface area contributed by atoms with E-state index in [2.05, 4.69) is 10.3 Å². The van der Waals surface area contributed by atoms with Crippen molar-refractivity contribution >= 4 is 11.5 Å². The van der Waals surface area contributed by atoms with Crippen LogP contribution in [0.4, 0.5) is 11.5 Å². The summed E-state index contributed by atoms with van der Waals surface area (Å²) in [6.07, 6.45) is 2.85. The second-order valence-corrected chi connectivity index (χ2v) is 3.58. The van der Waals surface area contributed by atoms with Crippen LogP contribution in [-0.2, 0) is 4.74 Å². The Kier molecular flexibility index (Phi) is 2.84. The molecule has 0 spiro atoms. The summed E-state index contributed by atoms with van der Waals surface area (Å²) in [6.45, 7) is 2.66. The molecule has 0 radical (unpaired) electrons. The third kappa shape index (κ3) is 2.35. The van der Waals surface area contributed by atoms with Crippen LogP contribution in [0.15, 0.2) is 18.3 Å². The highest BCUT2D eigenvalue weighted by atomic mass is 16.5. The van der Waals surface area contributed by atoms with Crippen LogP contribution in [0, 0.1) is 5.92 Å². The van der Waals surface area contributed by atoms with E-state index in [9.17, 15) is 0 Å². The van der Waals surface area contributed by atoms with E-state index in [4.69, 9.17) is 10.5 Å². The summed E-state index contributed by atoms with van der Waals surface area (Å²) in [6, 6.07) is 3.62. The second kappa shape index (κ2) is 4.28. The lowest BCUT2D eigenvalue weighted by molar-refractivity contribution is 0.187. The molecule has 76 valence electrons. The Morgan fingerprint density at radius 1 is 1.64 bits per heavy atom. The maximum absolute atomic E-state index is 5.64. The number of rotatable bonds is 3. The van der Waals surface area contributed by atoms with Gasteiger partial charge in [0.1, 0.15) is 5.82 Å². The predicted molar refractivity (Wildman–Crippen MR) is 56.1 cm³/mol. The minimum absolute atomic E-state index is 0.609. The highest BCUT2D eigenvalue weighted by Gasteiger charge is 2.14. The average molecular weight is 193 g/mol. The predicted octanol–water partition coefficient (Wildman–Crippen LogP) is 1.11. The molecule has 4 nitrogen and oxygen atoms in total. The Morgan fingerprint density at radius 2 is 2.57 bits per heavy atom. The van der Waals surface area contributed by atoms with Crippen molar-refractivity contribution in [2.75, 3.05) is 30.8 Å². The van der Waals surface area contributed by atoms with Crippen LogP contribution in [0.2, 0.25) is 0 Å². The maximum atomic E-state index is 5.64. The van der Waals surface area contributed by atoms with Gasteiger partial charge in [-0.2, -0.15) is 0 Å². The molecule has 4 heteroatoms. The summed E-state index contributed by atoms with van der Waals surface area (Å²) in [5.74, 6) is 1.45. The zero-order chi connectivity index (χ0) is 9.80. The molecule has 2 rings (SSSR count). The van der Waals surface area contributed by atoms with Crippen LogP contribution in [0.5, 0.6) is 0 Å². The van der Waals surface area contributed by atoms with Crippen molar-refractivity contribution in [2.24, 2.45) is 5.92 Å². The molecular weight excluding hydrogens is 178 g/mol. The van der Waals surface area contributed by atoms with Gasteiger partial charge in [0.25, 0.3) is 0 Å². The maximum Gasteiger partial charge on any atom is 0.127 e. The zero-order valence-electron chi connectivity index (χ0n) is 8.07. The van der Waals surface area contributed by atoms with Gasteiger partial charge in [0.15, 0.2) is 0 Å².